The molecule has 3 aromatic rings. The van der Waals surface area contributed by atoms with E-state index in [1.54, 1.807) is 23.2 Å². The van der Waals surface area contributed by atoms with E-state index >= 15 is 0 Å². The number of nitrogens with zero attached hydrogens (tertiary/aromatic N) is 5. The number of pyridine rings is 1. The lowest BCUT2D eigenvalue weighted by Crippen LogP contribution is -2.40. The van der Waals surface area contributed by atoms with Crippen molar-refractivity contribution in [1.29, 1.82) is 5.26 Å². The molecule has 0 radical (unpaired) electrons. The molecule has 8 heteroatoms. The molecule has 1 saturated carbocycles. The number of hydrogen-bond acceptors (Lipinski definition) is 5. The SMILES string of the molecule is Cc1cc(Cl)ncc1N1C[C@@]2(CCC[C@H](Cn3cnc4ccc(C#N)cc43)C2)OC1=O. The summed E-state index contributed by atoms with van der Waals surface area (Å²) < 4.78 is 8.09. The van der Waals surface area contributed by atoms with Gasteiger partial charge in [0, 0.05) is 6.54 Å². The fourth-order valence-corrected chi connectivity index (χ4v) is 5.20. The molecule has 2 fully saturated rings. The minimum atomic E-state index is -0.486. The third-order valence-electron chi connectivity index (χ3n) is 6.42. The Labute approximate surface area is 185 Å². The van der Waals surface area contributed by atoms with Crippen LogP contribution in [0.5, 0.6) is 0 Å². The van der Waals surface area contributed by atoms with Gasteiger partial charge in [0.15, 0.2) is 0 Å². The van der Waals surface area contributed by atoms with E-state index in [9.17, 15) is 10.1 Å². The van der Waals surface area contributed by atoms with Crippen molar-refractivity contribution in [3.8, 4) is 6.07 Å². The fraction of sp³-hybridized carbons (Fsp3) is 0.391. The van der Waals surface area contributed by atoms with Crippen molar-refractivity contribution in [2.45, 2.75) is 44.8 Å². The maximum Gasteiger partial charge on any atom is 0.415 e. The molecule has 2 atom stereocenters. The van der Waals surface area contributed by atoms with Gasteiger partial charge in [-0.15, -0.1) is 0 Å². The number of hydrogen-bond donors (Lipinski definition) is 0. The van der Waals surface area contributed by atoms with Crippen LogP contribution in [-0.2, 0) is 11.3 Å². The minimum Gasteiger partial charge on any atom is -0.441 e. The van der Waals surface area contributed by atoms with Crippen LogP contribution < -0.4 is 4.90 Å². The van der Waals surface area contributed by atoms with E-state index in [1.165, 1.54) is 0 Å². The molecular formula is C23H22ClN5O2. The summed E-state index contributed by atoms with van der Waals surface area (Å²) in [5.74, 6) is 0.356. The summed E-state index contributed by atoms with van der Waals surface area (Å²) in [5.41, 5.74) is 3.64. The van der Waals surface area contributed by atoms with Crippen LogP contribution in [0.2, 0.25) is 5.15 Å². The van der Waals surface area contributed by atoms with E-state index < -0.39 is 5.60 Å². The summed E-state index contributed by atoms with van der Waals surface area (Å²) >= 11 is 5.98. The van der Waals surface area contributed by atoms with Crippen molar-refractivity contribution < 1.29 is 9.53 Å². The minimum absolute atomic E-state index is 0.320. The maximum atomic E-state index is 12.8. The van der Waals surface area contributed by atoms with Gasteiger partial charge >= 0.3 is 6.09 Å². The lowest BCUT2D eigenvalue weighted by Gasteiger charge is -2.36. The second-order valence-electron chi connectivity index (χ2n) is 8.61. The van der Waals surface area contributed by atoms with Crippen LogP contribution in [0.15, 0.2) is 36.8 Å². The van der Waals surface area contributed by atoms with E-state index in [0.29, 0.717) is 23.2 Å². The Balaban J connectivity index is 1.36. The van der Waals surface area contributed by atoms with Crippen molar-refractivity contribution in [3.63, 3.8) is 0 Å². The van der Waals surface area contributed by atoms with Gasteiger partial charge in [0.2, 0.25) is 0 Å². The number of aromatic nitrogens is 3. The zero-order chi connectivity index (χ0) is 21.6. The molecule has 1 spiro atoms. The number of nitriles is 1. The van der Waals surface area contributed by atoms with Crippen molar-refractivity contribution in [1.82, 2.24) is 14.5 Å². The van der Waals surface area contributed by atoms with Crippen molar-refractivity contribution >= 4 is 34.4 Å². The lowest BCUT2D eigenvalue weighted by atomic mass is 9.78. The van der Waals surface area contributed by atoms with E-state index in [1.807, 2.05) is 25.4 Å². The molecule has 5 rings (SSSR count). The first-order chi connectivity index (χ1) is 15.0. The predicted octanol–water partition coefficient (Wildman–Crippen LogP) is 4.85. The number of halogens is 1. The number of aryl methyl sites for hydroxylation is 1. The normalized spacial score (nSPS) is 23.3. The molecule has 158 valence electrons. The fourth-order valence-electron chi connectivity index (χ4n) is 4.99. The van der Waals surface area contributed by atoms with Crippen LogP contribution in [-0.4, -0.2) is 32.8 Å². The molecule has 0 N–H and O–H groups in total. The number of anilines is 1. The number of rotatable bonds is 3. The first-order valence-electron chi connectivity index (χ1n) is 10.4. The van der Waals surface area contributed by atoms with E-state index in [4.69, 9.17) is 16.3 Å². The van der Waals surface area contributed by atoms with Gasteiger partial charge in [-0.05, 0) is 68.4 Å². The van der Waals surface area contributed by atoms with Gasteiger partial charge in [0.05, 0.1) is 47.4 Å². The highest BCUT2D eigenvalue weighted by molar-refractivity contribution is 6.29. The Morgan fingerprint density at radius 2 is 2.23 bits per heavy atom. The molecule has 1 saturated heterocycles. The van der Waals surface area contributed by atoms with Gasteiger partial charge in [0.1, 0.15) is 10.8 Å². The third-order valence-corrected chi connectivity index (χ3v) is 6.63. The number of fused-ring (bicyclic) bond motifs is 1. The number of carbonyl (C=O) groups excluding carboxylic acids is 1. The van der Waals surface area contributed by atoms with Gasteiger partial charge in [-0.3, -0.25) is 4.90 Å². The number of imidazole rings is 1. The van der Waals surface area contributed by atoms with Crippen LogP contribution in [0.25, 0.3) is 11.0 Å². The Bertz CT molecular complexity index is 1220. The highest BCUT2D eigenvalue weighted by atomic mass is 35.5. The number of benzene rings is 1. The molecule has 0 bridgehead atoms. The summed E-state index contributed by atoms with van der Waals surface area (Å²) in [5, 5.41) is 9.63. The largest absolute Gasteiger partial charge is 0.441 e. The Morgan fingerprint density at radius 3 is 3.03 bits per heavy atom. The molecule has 3 heterocycles. The molecule has 2 aromatic heterocycles. The second-order valence-corrected chi connectivity index (χ2v) is 8.99. The highest BCUT2D eigenvalue weighted by Crippen LogP contribution is 2.42. The Morgan fingerprint density at radius 1 is 1.35 bits per heavy atom. The van der Waals surface area contributed by atoms with Gasteiger partial charge in [0.25, 0.3) is 0 Å². The van der Waals surface area contributed by atoms with Gasteiger partial charge < -0.3 is 9.30 Å². The molecule has 7 nitrogen and oxygen atoms in total. The zero-order valence-electron chi connectivity index (χ0n) is 17.2. The van der Waals surface area contributed by atoms with Crippen LogP contribution in [0.4, 0.5) is 10.5 Å². The first-order valence-corrected chi connectivity index (χ1v) is 10.8. The molecule has 0 unspecified atom stereocenters. The number of ether oxygens (including phenoxy) is 1. The molecule has 1 aliphatic carbocycles. The van der Waals surface area contributed by atoms with Gasteiger partial charge in [-0.1, -0.05) is 11.6 Å². The number of carbonyl (C=O) groups is 1. The van der Waals surface area contributed by atoms with Gasteiger partial charge in [-0.25, -0.2) is 14.8 Å². The zero-order valence-corrected chi connectivity index (χ0v) is 18.0. The van der Waals surface area contributed by atoms with Crippen LogP contribution in [0.3, 0.4) is 0 Å². The predicted molar refractivity (Wildman–Crippen MR) is 117 cm³/mol. The van der Waals surface area contributed by atoms with E-state index in [2.05, 4.69) is 20.6 Å². The van der Waals surface area contributed by atoms with Crippen LogP contribution in [0.1, 0.15) is 36.8 Å². The summed E-state index contributed by atoms with van der Waals surface area (Å²) in [6.07, 6.45) is 6.88. The summed E-state index contributed by atoms with van der Waals surface area (Å²) in [6, 6.07) is 9.51. The Hall–Kier alpha value is -3.11. The van der Waals surface area contributed by atoms with E-state index in [-0.39, 0.29) is 6.09 Å². The average Bonchev–Trinajstić information content (AvgIpc) is 3.28. The topological polar surface area (TPSA) is 84.0 Å². The first kappa shape index (κ1) is 19.8. The van der Waals surface area contributed by atoms with Crippen molar-refractivity contribution in [3.05, 3.63) is 53.1 Å². The van der Waals surface area contributed by atoms with Gasteiger partial charge in [-0.2, -0.15) is 5.26 Å². The molecule has 1 aliphatic heterocycles. The van der Waals surface area contributed by atoms with E-state index in [0.717, 1.165) is 54.5 Å². The molecular weight excluding hydrogens is 414 g/mol. The van der Waals surface area contributed by atoms with Crippen molar-refractivity contribution in [2.24, 2.45) is 5.92 Å². The standard InChI is InChI=1S/C23H22ClN5O2/c1-15-7-21(24)26-11-20(15)29-13-23(31-22(29)30)6-2-3-17(9-23)12-28-14-27-18-5-4-16(10-25)8-19(18)28/h4-5,7-8,11,14,17H,2-3,6,9,12-13H2,1H3/t17-,23-/m0/s1. The van der Waals surface area contributed by atoms with Crippen LogP contribution in [0, 0.1) is 24.2 Å². The lowest BCUT2D eigenvalue weighted by molar-refractivity contribution is 0.00439. The van der Waals surface area contributed by atoms with Crippen LogP contribution >= 0.6 is 11.6 Å². The maximum absolute atomic E-state index is 12.8. The molecule has 2 aliphatic rings. The highest BCUT2D eigenvalue weighted by Gasteiger charge is 2.48. The smallest absolute Gasteiger partial charge is 0.415 e. The average molecular weight is 436 g/mol. The summed E-state index contributed by atoms with van der Waals surface area (Å²) in [6.45, 7) is 3.23. The molecule has 1 amide bonds. The number of amides is 1. The molecule has 1 aromatic carbocycles. The summed E-state index contributed by atoms with van der Waals surface area (Å²) in [4.78, 5) is 23.1. The monoisotopic (exact) mass is 435 g/mol. The Kier molecular flexibility index (Phi) is 4.82. The second kappa shape index (κ2) is 7.54. The quantitative estimate of drug-likeness (QED) is 0.549. The third kappa shape index (κ3) is 3.61. The molecule has 31 heavy (non-hydrogen) atoms. The summed E-state index contributed by atoms with van der Waals surface area (Å²) in [7, 11) is 0. The van der Waals surface area contributed by atoms with Crippen molar-refractivity contribution in [2.75, 3.05) is 11.4 Å².